The summed E-state index contributed by atoms with van der Waals surface area (Å²) in [6, 6.07) is 6.35. The van der Waals surface area contributed by atoms with Gasteiger partial charge in [-0.05, 0) is 44.5 Å². The highest BCUT2D eigenvalue weighted by molar-refractivity contribution is 5.54. The first kappa shape index (κ1) is 15.8. The molecule has 1 unspecified atom stereocenters. The maximum atomic E-state index is 8.94. The highest BCUT2D eigenvalue weighted by Crippen LogP contribution is 2.23. The second-order valence-electron chi connectivity index (χ2n) is 4.98. The van der Waals surface area contributed by atoms with Crippen LogP contribution in [0.5, 0.6) is 5.75 Å². The number of benzene rings is 1. The van der Waals surface area contributed by atoms with Gasteiger partial charge in [0.05, 0.1) is 18.9 Å². The molecule has 0 fully saturated rings. The Morgan fingerprint density at radius 3 is 2.74 bits per heavy atom. The lowest BCUT2D eigenvalue weighted by Crippen LogP contribution is -2.33. The summed E-state index contributed by atoms with van der Waals surface area (Å²) in [4.78, 5) is 2.14. The fraction of sp³-hybridized carbons (Fsp3) is 0.600. The van der Waals surface area contributed by atoms with E-state index in [1.807, 2.05) is 19.2 Å². The zero-order chi connectivity index (χ0) is 14.3. The van der Waals surface area contributed by atoms with Gasteiger partial charge in [-0.2, -0.15) is 0 Å². The summed E-state index contributed by atoms with van der Waals surface area (Å²) < 4.78 is 5.56. The fourth-order valence-corrected chi connectivity index (χ4v) is 1.94. The molecule has 0 aromatic heterocycles. The van der Waals surface area contributed by atoms with Crippen molar-refractivity contribution in [3.05, 3.63) is 23.8 Å². The van der Waals surface area contributed by atoms with Crippen LogP contribution in [-0.2, 0) is 6.42 Å². The van der Waals surface area contributed by atoms with E-state index >= 15 is 0 Å². The van der Waals surface area contributed by atoms with Crippen molar-refractivity contribution in [3.63, 3.8) is 0 Å². The van der Waals surface area contributed by atoms with E-state index in [0.29, 0.717) is 24.9 Å². The Kier molecular flexibility index (Phi) is 6.67. The maximum Gasteiger partial charge on any atom is 0.142 e. The van der Waals surface area contributed by atoms with Crippen molar-refractivity contribution in [3.8, 4) is 5.75 Å². The number of nitrogens with zero attached hydrogens (tertiary/aromatic N) is 1. The Morgan fingerprint density at radius 1 is 1.42 bits per heavy atom. The second-order valence-corrected chi connectivity index (χ2v) is 4.98. The molecule has 0 aliphatic carbocycles. The monoisotopic (exact) mass is 266 g/mol. The van der Waals surface area contributed by atoms with Crippen molar-refractivity contribution >= 4 is 5.69 Å². The molecule has 1 aromatic carbocycles. The molecule has 1 atom stereocenters. The lowest BCUT2D eigenvalue weighted by atomic mass is 10.1. The first-order valence-electron chi connectivity index (χ1n) is 6.90. The molecular formula is C15H26N2O2. The van der Waals surface area contributed by atoms with Gasteiger partial charge in [0.15, 0.2) is 0 Å². The van der Waals surface area contributed by atoms with Crippen LogP contribution < -0.4 is 10.5 Å². The van der Waals surface area contributed by atoms with Crippen LogP contribution in [0, 0.1) is 0 Å². The Bertz CT molecular complexity index is 382. The van der Waals surface area contributed by atoms with Crippen LogP contribution in [0.15, 0.2) is 18.2 Å². The molecule has 1 aromatic rings. The zero-order valence-corrected chi connectivity index (χ0v) is 12.2. The summed E-state index contributed by atoms with van der Waals surface area (Å²) in [5.41, 5.74) is 7.88. The van der Waals surface area contributed by atoms with Gasteiger partial charge in [0.25, 0.3) is 0 Å². The van der Waals surface area contributed by atoms with E-state index in [2.05, 4.69) is 24.8 Å². The van der Waals surface area contributed by atoms with Gasteiger partial charge in [-0.3, -0.25) is 0 Å². The SMILES string of the molecule is CCCOc1ccc(CC(C)N(C)CCO)cc1N. The number of aliphatic hydroxyl groups is 1. The lowest BCUT2D eigenvalue weighted by Gasteiger charge is -2.24. The van der Waals surface area contributed by atoms with E-state index in [-0.39, 0.29) is 6.61 Å². The molecule has 0 bridgehead atoms. The molecule has 108 valence electrons. The van der Waals surface area contributed by atoms with E-state index in [9.17, 15) is 0 Å². The molecule has 0 heterocycles. The van der Waals surface area contributed by atoms with E-state index in [1.54, 1.807) is 0 Å². The van der Waals surface area contributed by atoms with Gasteiger partial charge in [-0.1, -0.05) is 13.0 Å². The number of rotatable bonds is 8. The topological polar surface area (TPSA) is 58.7 Å². The number of anilines is 1. The van der Waals surface area contributed by atoms with Gasteiger partial charge in [0, 0.05) is 12.6 Å². The Hall–Kier alpha value is -1.26. The number of aliphatic hydroxyl groups excluding tert-OH is 1. The standard InChI is InChI=1S/C15H26N2O2/c1-4-9-19-15-6-5-13(11-14(15)16)10-12(2)17(3)7-8-18/h5-6,11-12,18H,4,7-10,16H2,1-3H3. The van der Waals surface area contributed by atoms with Crippen LogP contribution in [0.2, 0.25) is 0 Å². The normalized spacial score (nSPS) is 12.7. The van der Waals surface area contributed by atoms with Crippen LogP contribution >= 0.6 is 0 Å². The van der Waals surface area contributed by atoms with Gasteiger partial charge < -0.3 is 20.5 Å². The third-order valence-corrected chi connectivity index (χ3v) is 3.27. The van der Waals surface area contributed by atoms with Crippen molar-refractivity contribution in [2.45, 2.75) is 32.7 Å². The Morgan fingerprint density at radius 2 is 2.16 bits per heavy atom. The molecule has 0 saturated carbocycles. The van der Waals surface area contributed by atoms with Gasteiger partial charge >= 0.3 is 0 Å². The highest BCUT2D eigenvalue weighted by Gasteiger charge is 2.10. The number of nitrogen functional groups attached to an aromatic ring is 1. The first-order valence-corrected chi connectivity index (χ1v) is 6.90. The molecule has 0 aliphatic heterocycles. The zero-order valence-electron chi connectivity index (χ0n) is 12.2. The van der Waals surface area contributed by atoms with Crippen LogP contribution in [0.4, 0.5) is 5.69 Å². The first-order chi connectivity index (χ1) is 9.08. The van der Waals surface area contributed by atoms with Gasteiger partial charge in [-0.15, -0.1) is 0 Å². The van der Waals surface area contributed by atoms with Crippen molar-refractivity contribution in [1.82, 2.24) is 4.90 Å². The molecule has 3 N–H and O–H groups in total. The summed E-state index contributed by atoms with van der Waals surface area (Å²) in [6.45, 7) is 5.79. The molecule has 4 nitrogen and oxygen atoms in total. The summed E-state index contributed by atoms with van der Waals surface area (Å²) in [5, 5.41) is 8.94. The summed E-state index contributed by atoms with van der Waals surface area (Å²) in [5.74, 6) is 0.766. The van der Waals surface area contributed by atoms with E-state index in [4.69, 9.17) is 15.6 Å². The predicted octanol–water partition coefficient (Wildman–Crippen LogP) is 1.91. The average Bonchev–Trinajstić information content (AvgIpc) is 2.38. The third-order valence-electron chi connectivity index (χ3n) is 3.27. The average molecular weight is 266 g/mol. The molecular weight excluding hydrogens is 240 g/mol. The fourth-order valence-electron chi connectivity index (χ4n) is 1.94. The van der Waals surface area contributed by atoms with Crippen LogP contribution in [0.25, 0.3) is 0 Å². The smallest absolute Gasteiger partial charge is 0.142 e. The lowest BCUT2D eigenvalue weighted by molar-refractivity contribution is 0.187. The van der Waals surface area contributed by atoms with Crippen molar-refractivity contribution in [1.29, 1.82) is 0 Å². The summed E-state index contributed by atoms with van der Waals surface area (Å²) in [6.07, 6.45) is 1.89. The number of hydrogen-bond donors (Lipinski definition) is 2. The Labute approximate surface area is 116 Å². The molecule has 0 aliphatic rings. The van der Waals surface area contributed by atoms with Crippen LogP contribution in [0.1, 0.15) is 25.8 Å². The van der Waals surface area contributed by atoms with Gasteiger partial charge in [0.2, 0.25) is 0 Å². The molecule has 0 spiro atoms. The quantitative estimate of drug-likeness (QED) is 0.706. The van der Waals surface area contributed by atoms with Crippen molar-refractivity contribution < 1.29 is 9.84 Å². The number of hydrogen-bond acceptors (Lipinski definition) is 4. The largest absolute Gasteiger partial charge is 0.491 e. The minimum atomic E-state index is 0.187. The van der Waals surface area contributed by atoms with Crippen LogP contribution in [0.3, 0.4) is 0 Å². The van der Waals surface area contributed by atoms with E-state index in [0.717, 1.165) is 18.6 Å². The molecule has 0 radical (unpaired) electrons. The minimum Gasteiger partial charge on any atom is -0.491 e. The van der Waals surface area contributed by atoms with Gasteiger partial charge in [0.1, 0.15) is 5.75 Å². The second kappa shape index (κ2) is 8.02. The van der Waals surface area contributed by atoms with Crippen LogP contribution in [-0.4, -0.2) is 42.9 Å². The number of likely N-dealkylation sites (N-methyl/N-ethyl adjacent to an activating group) is 1. The van der Waals surface area contributed by atoms with E-state index in [1.165, 1.54) is 5.56 Å². The third kappa shape index (κ3) is 5.09. The van der Waals surface area contributed by atoms with Crippen molar-refractivity contribution in [2.75, 3.05) is 32.5 Å². The number of ether oxygens (including phenoxy) is 1. The molecule has 0 saturated heterocycles. The Balaban J connectivity index is 2.62. The summed E-state index contributed by atoms with van der Waals surface area (Å²) >= 11 is 0. The maximum absolute atomic E-state index is 8.94. The van der Waals surface area contributed by atoms with E-state index < -0.39 is 0 Å². The molecule has 1 rings (SSSR count). The highest BCUT2D eigenvalue weighted by atomic mass is 16.5. The summed E-state index contributed by atoms with van der Waals surface area (Å²) in [7, 11) is 2.02. The predicted molar refractivity (Wildman–Crippen MR) is 79.5 cm³/mol. The van der Waals surface area contributed by atoms with Gasteiger partial charge in [-0.25, -0.2) is 0 Å². The minimum absolute atomic E-state index is 0.187. The number of nitrogens with two attached hydrogens (primary N) is 1. The molecule has 19 heavy (non-hydrogen) atoms. The van der Waals surface area contributed by atoms with Crippen molar-refractivity contribution in [2.24, 2.45) is 0 Å². The molecule has 4 heteroatoms. The molecule has 0 amide bonds.